The van der Waals surface area contributed by atoms with Gasteiger partial charge >= 0.3 is 0 Å². The van der Waals surface area contributed by atoms with Gasteiger partial charge in [-0.05, 0) is 45.2 Å². The zero-order chi connectivity index (χ0) is 17.4. The molecule has 3 heterocycles. The summed E-state index contributed by atoms with van der Waals surface area (Å²) in [5.41, 5.74) is 2.58. The quantitative estimate of drug-likeness (QED) is 0.898. The van der Waals surface area contributed by atoms with Crippen molar-refractivity contribution in [2.24, 2.45) is 5.92 Å². The van der Waals surface area contributed by atoms with Crippen molar-refractivity contribution in [3.8, 4) is 0 Å². The lowest BCUT2D eigenvalue weighted by Gasteiger charge is -2.16. The first kappa shape index (κ1) is 16.2. The van der Waals surface area contributed by atoms with Crippen LogP contribution in [0.3, 0.4) is 0 Å². The van der Waals surface area contributed by atoms with E-state index < -0.39 is 0 Å². The van der Waals surface area contributed by atoms with E-state index in [0.717, 1.165) is 30.7 Å². The van der Waals surface area contributed by atoms with E-state index >= 15 is 0 Å². The van der Waals surface area contributed by atoms with Crippen LogP contribution in [0.4, 0.5) is 0 Å². The Hall–Kier alpha value is -2.28. The van der Waals surface area contributed by atoms with Gasteiger partial charge in [-0.15, -0.1) is 0 Å². The summed E-state index contributed by atoms with van der Waals surface area (Å²) in [4.78, 5) is 21.5. The maximum atomic E-state index is 12.7. The first-order valence-electron chi connectivity index (χ1n) is 8.79. The van der Waals surface area contributed by atoms with E-state index in [-0.39, 0.29) is 17.9 Å². The number of carbonyl (C=O) groups is 1. The van der Waals surface area contributed by atoms with Crippen LogP contribution in [-0.4, -0.2) is 34.2 Å². The minimum Gasteiger partial charge on any atom is -0.368 e. The van der Waals surface area contributed by atoms with Gasteiger partial charge in [-0.1, -0.05) is 5.16 Å². The number of hydrogen-bond acceptors (Lipinski definition) is 6. The minimum atomic E-state index is -0.249. The third-order valence-corrected chi connectivity index (χ3v) is 4.80. The largest absolute Gasteiger partial charge is 0.368 e. The summed E-state index contributed by atoms with van der Waals surface area (Å²) in [6, 6.07) is 3.78. The van der Waals surface area contributed by atoms with Gasteiger partial charge in [-0.25, -0.2) is 0 Å². The van der Waals surface area contributed by atoms with Crippen molar-refractivity contribution in [3.05, 3.63) is 40.8 Å². The fourth-order valence-electron chi connectivity index (χ4n) is 3.30. The molecule has 2 fully saturated rings. The van der Waals surface area contributed by atoms with E-state index in [2.05, 4.69) is 20.4 Å². The predicted octanol–water partition coefficient (Wildman–Crippen LogP) is 2.47. The Labute approximate surface area is 146 Å². The molecular formula is C18H22N4O3. The van der Waals surface area contributed by atoms with Crippen LogP contribution in [0.15, 0.2) is 16.7 Å². The number of aryl methyl sites for hydroxylation is 2. The molecule has 4 rings (SSSR count). The SMILES string of the molecule is Cc1ccc(C(=O)NC[C@@H]2CCO[C@@H]2c2nc(C)no2)c(C2CC2)n1. The van der Waals surface area contributed by atoms with Gasteiger partial charge in [-0.2, -0.15) is 4.98 Å². The zero-order valence-electron chi connectivity index (χ0n) is 14.5. The van der Waals surface area contributed by atoms with E-state index in [1.165, 1.54) is 0 Å². The van der Waals surface area contributed by atoms with Crippen molar-refractivity contribution in [1.82, 2.24) is 20.4 Å². The predicted molar refractivity (Wildman–Crippen MR) is 89.1 cm³/mol. The summed E-state index contributed by atoms with van der Waals surface area (Å²) in [6.45, 7) is 4.89. The van der Waals surface area contributed by atoms with Crippen LogP contribution < -0.4 is 5.32 Å². The lowest BCUT2D eigenvalue weighted by Crippen LogP contribution is -2.31. The van der Waals surface area contributed by atoms with Crippen LogP contribution in [0, 0.1) is 19.8 Å². The van der Waals surface area contributed by atoms with Crippen molar-refractivity contribution < 1.29 is 14.1 Å². The van der Waals surface area contributed by atoms with Gasteiger partial charge in [0, 0.05) is 30.7 Å². The average Bonchev–Trinajstić information content (AvgIpc) is 3.19. The standard InChI is InChI=1S/C18H22N4O3/c1-10-3-6-14(15(20-10)12-4-5-12)17(23)19-9-13-7-8-24-16(13)18-21-11(2)22-25-18/h3,6,12-13,16H,4-5,7-9H2,1-2H3,(H,19,23)/t13-,16-/m0/s1. The molecule has 1 saturated heterocycles. The van der Waals surface area contributed by atoms with Crippen molar-refractivity contribution in [2.45, 2.75) is 45.1 Å². The van der Waals surface area contributed by atoms with Gasteiger partial charge in [-0.3, -0.25) is 9.78 Å². The van der Waals surface area contributed by atoms with Crippen molar-refractivity contribution >= 4 is 5.91 Å². The summed E-state index contributed by atoms with van der Waals surface area (Å²) in [6.07, 6.45) is 2.84. The number of nitrogens with one attached hydrogen (secondary N) is 1. The molecule has 2 aliphatic rings. The molecule has 1 N–H and O–H groups in total. The third-order valence-electron chi connectivity index (χ3n) is 4.80. The number of ether oxygens (including phenoxy) is 1. The third kappa shape index (κ3) is 3.42. The number of amides is 1. The van der Waals surface area contributed by atoms with Gasteiger partial charge in [0.15, 0.2) is 5.82 Å². The first-order chi connectivity index (χ1) is 12.1. The molecule has 0 radical (unpaired) electrons. The number of rotatable bonds is 5. The normalized spacial score (nSPS) is 23.0. The van der Waals surface area contributed by atoms with Crippen molar-refractivity contribution in [3.63, 3.8) is 0 Å². The Morgan fingerprint density at radius 1 is 1.24 bits per heavy atom. The molecule has 1 amide bonds. The van der Waals surface area contributed by atoms with E-state index in [1.54, 1.807) is 6.92 Å². The summed E-state index contributed by atoms with van der Waals surface area (Å²) < 4.78 is 11.0. The molecule has 1 aliphatic carbocycles. The lowest BCUT2D eigenvalue weighted by molar-refractivity contribution is 0.0613. The highest BCUT2D eigenvalue weighted by Crippen LogP contribution is 2.40. The molecule has 1 aliphatic heterocycles. The molecule has 0 bridgehead atoms. The van der Waals surface area contributed by atoms with Crippen molar-refractivity contribution in [2.75, 3.05) is 13.2 Å². The molecular weight excluding hydrogens is 320 g/mol. The molecule has 7 nitrogen and oxygen atoms in total. The lowest BCUT2D eigenvalue weighted by atomic mass is 10.0. The number of hydrogen-bond donors (Lipinski definition) is 1. The summed E-state index contributed by atoms with van der Waals surface area (Å²) in [5.74, 6) is 1.58. The molecule has 0 aromatic carbocycles. The second-order valence-electron chi connectivity index (χ2n) is 6.89. The Bertz CT molecular complexity index is 784. The molecule has 0 unspecified atom stereocenters. The minimum absolute atomic E-state index is 0.0678. The van der Waals surface area contributed by atoms with E-state index in [0.29, 0.717) is 36.3 Å². The van der Waals surface area contributed by atoms with Crippen LogP contribution in [0.1, 0.15) is 64.7 Å². The molecule has 2 atom stereocenters. The van der Waals surface area contributed by atoms with E-state index in [1.807, 2.05) is 19.1 Å². The van der Waals surface area contributed by atoms with Crippen LogP contribution >= 0.6 is 0 Å². The molecule has 25 heavy (non-hydrogen) atoms. The first-order valence-corrected chi connectivity index (χ1v) is 8.79. The molecule has 0 spiro atoms. The highest BCUT2D eigenvalue weighted by Gasteiger charge is 2.35. The monoisotopic (exact) mass is 342 g/mol. The fourth-order valence-corrected chi connectivity index (χ4v) is 3.30. The number of carbonyl (C=O) groups excluding carboxylic acids is 1. The molecule has 132 valence electrons. The molecule has 1 saturated carbocycles. The summed E-state index contributed by atoms with van der Waals surface area (Å²) in [7, 11) is 0. The van der Waals surface area contributed by atoms with Crippen LogP contribution in [0.5, 0.6) is 0 Å². The van der Waals surface area contributed by atoms with Crippen molar-refractivity contribution in [1.29, 1.82) is 0 Å². The summed E-state index contributed by atoms with van der Waals surface area (Å²) >= 11 is 0. The highest BCUT2D eigenvalue weighted by atomic mass is 16.5. The second kappa shape index (κ2) is 6.55. The Morgan fingerprint density at radius 3 is 2.80 bits per heavy atom. The van der Waals surface area contributed by atoms with Gasteiger partial charge in [0.05, 0.1) is 11.3 Å². The average molecular weight is 342 g/mol. The van der Waals surface area contributed by atoms with Crippen LogP contribution in [0.25, 0.3) is 0 Å². The second-order valence-corrected chi connectivity index (χ2v) is 6.89. The Kier molecular flexibility index (Phi) is 4.25. The van der Waals surface area contributed by atoms with Gasteiger partial charge in [0.2, 0.25) is 0 Å². The topological polar surface area (TPSA) is 90.1 Å². The Morgan fingerprint density at radius 2 is 2.08 bits per heavy atom. The molecule has 2 aromatic heterocycles. The zero-order valence-corrected chi connectivity index (χ0v) is 14.5. The summed E-state index contributed by atoms with van der Waals surface area (Å²) in [5, 5.41) is 6.86. The number of nitrogens with zero attached hydrogens (tertiary/aromatic N) is 3. The van der Waals surface area contributed by atoms with E-state index in [9.17, 15) is 4.79 Å². The van der Waals surface area contributed by atoms with Gasteiger partial charge < -0.3 is 14.6 Å². The van der Waals surface area contributed by atoms with Gasteiger partial charge in [0.1, 0.15) is 6.10 Å². The van der Waals surface area contributed by atoms with Gasteiger partial charge in [0.25, 0.3) is 11.8 Å². The Balaban J connectivity index is 1.43. The number of aromatic nitrogens is 3. The molecule has 2 aromatic rings. The maximum Gasteiger partial charge on any atom is 0.256 e. The fraction of sp³-hybridized carbons (Fsp3) is 0.556. The number of pyridine rings is 1. The van der Waals surface area contributed by atoms with E-state index in [4.69, 9.17) is 9.26 Å². The van der Waals surface area contributed by atoms with Crippen LogP contribution in [-0.2, 0) is 4.74 Å². The smallest absolute Gasteiger partial charge is 0.256 e. The highest BCUT2D eigenvalue weighted by molar-refractivity contribution is 5.95. The molecule has 7 heteroatoms. The van der Waals surface area contributed by atoms with Crippen LogP contribution in [0.2, 0.25) is 0 Å². The maximum absolute atomic E-state index is 12.7.